The Morgan fingerprint density at radius 2 is 2.17 bits per heavy atom. The molecule has 1 N–H and O–H groups in total. The van der Waals surface area contributed by atoms with Gasteiger partial charge >= 0.3 is 0 Å². The topological polar surface area (TPSA) is 23.5 Å². The summed E-state index contributed by atoms with van der Waals surface area (Å²) in [6.45, 7) is 3.74. The second-order valence-corrected chi connectivity index (χ2v) is 4.74. The highest BCUT2D eigenvalue weighted by Crippen LogP contribution is 2.47. The number of alkyl halides is 1. The quantitative estimate of drug-likeness (QED) is 0.731. The Labute approximate surface area is 83.1 Å². The fourth-order valence-corrected chi connectivity index (χ4v) is 2.34. The van der Waals surface area contributed by atoms with E-state index in [0.29, 0.717) is 5.41 Å². The van der Waals surface area contributed by atoms with E-state index < -0.39 is 0 Å². The van der Waals surface area contributed by atoms with Gasteiger partial charge in [0.25, 0.3) is 0 Å². The van der Waals surface area contributed by atoms with Crippen LogP contribution in [0, 0.1) is 5.41 Å². The van der Waals surface area contributed by atoms with Gasteiger partial charge in [-0.1, -0.05) is 15.9 Å². The fourth-order valence-electron chi connectivity index (χ4n) is 1.60. The molecule has 1 atom stereocenters. The van der Waals surface area contributed by atoms with Crippen LogP contribution in [0.4, 0.5) is 0 Å². The van der Waals surface area contributed by atoms with E-state index in [4.69, 9.17) is 5.11 Å². The van der Waals surface area contributed by atoms with E-state index in [-0.39, 0.29) is 6.10 Å². The molecule has 1 saturated carbocycles. The van der Waals surface area contributed by atoms with Crippen molar-refractivity contribution in [2.24, 2.45) is 5.41 Å². The molecule has 0 aromatic carbocycles. The third kappa shape index (κ3) is 3.04. The monoisotopic (exact) mass is 235 g/mol. The molecule has 1 rings (SSSR count). The van der Waals surface area contributed by atoms with Crippen LogP contribution >= 0.6 is 15.9 Å². The van der Waals surface area contributed by atoms with Crippen LogP contribution in [0.5, 0.6) is 0 Å². The average Bonchev–Trinajstić information content (AvgIpc) is 2.67. The van der Waals surface area contributed by atoms with Crippen molar-refractivity contribution in [1.29, 1.82) is 0 Å². The van der Waals surface area contributed by atoms with Crippen molar-refractivity contribution >= 4 is 15.9 Å². The molecule has 2 nitrogen and oxygen atoms in total. The number of hydrogen-bond donors (Lipinski definition) is 1. The fraction of sp³-hybridized carbons (Fsp3) is 1.00. The van der Waals surface area contributed by atoms with E-state index in [9.17, 15) is 0 Å². The van der Waals surface area contributed by atoms with Crippen molar-refractivity contribution in [3.63, 3.8) is 0 Å². The predicted molar refractivity (Wildman–Crippen MR) is 54.6 cm³/mol. The standard InChI is InChI=1S/C9H18BrNO/c1-8(12)5-11(2)7-9(6-10)3-4-9/h8,12H,3-7H2,1-2H3. The number of aliphatic hydroxyl groups is 1. The smallest absolute Gasteiger partial charge is 0.0638 e. The Kier molecular flexibility index (Phi) is 3.56. The van der Waals surface area contributed by atoms with Crippen LogP contribution in [0.1, 0.15) is 19.8 Å². The maximum Gasteiger partial charge on any atom is 0.0638 e. The van der Waals surface area contributed by atoms with Crippen molar-refractivity contribution in [3.8, 4) is 0 Å². The largest absolute Gasteiger partial charge is 0.392 e. The number of halogens is 1. The summed E-state index contributed by atoms with van der Waals surface area (Å²) in [6.07, 6.45) is 2.46. The summed E-state index contributed by atoms with van der Waals surface area (Å²) in [7, 11) is 2.08. The summed E-state index contributed by atoms with van der Waals surface area (Å²) in [5, 5.41) is 10.3. The van der Waals surface area contributed by atoms with Crippen molar-refractivity contribution < 1.29 is 5.11 Å². The van der Waals surface area contributed by atoms with Gasteiger partial charge in [-0.3, -0.25) is 0 Å². The van der Waals surface area contributed by atoms with Gasteiger partial charge < -0.3 is 10.0 Å². The van der Waals surface area contributed by atoms with Gasteiger partial charge in [0.15, 0.2) is 0 Å². The molecule has 0 bridgehead atoms. The van der Waals surface area contributed by atoms with Crippen LogP contribution in [0.15, 0.2) is 0 Å². The van der Waals surface area contributed by atoms with Crippen LogP contribution in [0.3, 0.4) is 0 Å². The number of hydrogen-bond acceptors (Lipinski definition) is 2. The van der Waals surface area contributed by atoms with E-state index in [1.54, 1.807) is 0 Å². The Hall–Kier alpha value is 0.400. The predicted octanol–water partition coefficient (Wildman–Crippen LogP) is 1.47. The zero-order chi connectivity index (χ0) is 9.19. The second-order valence-electron chi connectivity index (χ2n) is 4.18. The summed E-state index contributed by atoms with van der Waals surface area (Å²) in [6, 6.07) is 0. The third-order valence-electron chi connectivity index (χ3n) is 2.42. The molecular formula is C9H18BrNO. The molecule has 0 aromatic heterocycles. The summed E-state index contributed by atoms with van der Waals surface area (Å²) in [4.78, 5) is 2.22. The van der Waals surface area contributed by atoms with E-state index in [0.717, 1.165) is 18.4 Å². The first kappa shape index (κ1) is 10.5. The summed E-state index contributed by atoms with van der Waals surface area (Å²) >= 11 is 3.54. The first-order valence-corrected chi connectivity index (χ1v) is 5.63. The van der Waals surface area contributed by atoms with Crippen LogP contribution < -0.4 is 0 Å². The van der Waals surface area contributed by atoms with Crippen LogP contribution in [0.25, 0.3) is 0 Å². The molecule has 0 aromatic rings. The van der Waals surface area contributed by atoms with Crippen LogP contribution in [-0.4, -0.2) is 41.6 Å². The lowest BCUT2D eigenvalue weighted by atomic mass is 10.1. The molecule has 1 unspecified atom stereocenters. The molecule has 1 fully saturated rings. The van der Waals surface area contributed by atoms with Crippen molar-refractivity contribution in [2.45, 2.75) is 25.9 Å². The molecule has 1 aliphatic rings. The maximum absolute atomic E-state index is 9.16. The normalized spacial score (nSPS) is 22.8. The molecule has 0 aliphatic heterocycles. The summed E-state index contributed by atoms with van der Waals surface area (Å²) in [5.74, 6) is 0. The first-order chi connectivity index (χ1) is 5.58. The van der Waals surface area contributed by atoms with Gasteiger partial charge in [-0.05, 0) is 32.2 Å². The second kappa shape index (κ2) is 4.07. The third-order valence-corrected chi connectivity index (χ3v) is 3.61. The van der Waals surface area contributed by atoms with Gasteiger partial charge in [-0.2, -0.15) is 0 Å². The lowest BCUT2D eigenvalue weighted by Gasteiger charge is -2.23. The molecule has 0 radical (unpaired) electrons. The summed E-state index contributed by atoms with van der Waals surface area (Å²) in [5.41, 5.74) is 0.531. The van der Waals surface area contributed by atoms with Crippen molar-refractivity contribution in [2.75, 3.05) is 25.5 Å². The van der Waals surface area contributed by atoms with Gasteiger partial charge in [-0.25, -0.2) is 0 Å². The van der Waals surface area contributed by atoms with Gasteiger partial charge in [0.1, 0.15) is 0 Å². The van der Waals surface area contributed by atoms with Crippen molar-refractivity contribution in [1.82, 2.24) is 4.90 Å². The zero-order valence-corrected chi connectivity index (χ0v) is 9.47. The maximum atomic E-state index is 9.16. The number of nitrogens with zero attached hydrogens (tertiary/aromatic N) is 1. The first-order valence-electron chi connectivity index (χ1n) is 4.50. The van der Waals surface area contributed by atoms with E-state index >= 15 is 0 Å². The molecule has 0 heterocycles. The number of rotatable bonds is 5. The van der Waals surface area contributed by atoms with Crippen molar-refractivity contribution in [3.05, 3.63) is 0 Å². The molecule has 0 spiro atoms. The highest BCUT2D eigenvalue weighted by molar-refractivity contribution is 9.09. The van der Waals surface area contributed by atoms with E-state index in [2.05, 4.69) is 27.9 Å². The number of aliphatic hydroxyl groups excluding tert-OH is 1. The summed E-state index contributed by atoms with van der Waals surface area (Å²) < 4.78 is 0. The Balaban J connectivity index is 2.21. The Morgan fingerprint density at radius 1 is 1.58 bits per heavy atom. The lowest BCUT2D eigenvalue weighted by Crippen LogP contribution is -2.33. The van der Waals surface area contributed by atoms with E-state index in [1.165, 1.54) is 12.8 Å². The van der Waals surface area contributed by atoms with Gasteiger partial charge in [0.2, 0.25) is 0 Å². The Bertz CT molecular complexity index is 145. The van der Waals surface area contributed by atoms with Crippen LogP contribution in [0.2, 0.25) is 0 Å². The number of likely N-dealkylation sites (N-methyl/N-ethyl adjacent to an activating group) is 1. The zero-order valence-electron chi connectivity index (χ0n) is 7.89. The SMILES string of the molecule is CC(O)CN(C)CC1(CBr)CC1. The lowest BCUT2D eigenvalue weighted by molar-refractivity contribution is 0.131. The highest BCUT2D eigenvalue weighted by atomic mass is 79.9. The van der Waals surface area contributed by atoms with Gasteiger partial charge in [0, 0.05) is 18.4 Å². The Morgan fingerprint density at radius 3 is 2.50 bits per heavy atom. The minimum Gasteiger partial charge on any atom is -0.392 e. The molecule has 12 heavy (non-hydrogen) atoms. The molecule has 72 valence electrons. The van der Waals surface area contributed by atoms with Gasteiger partial charge in [0.05, 0.1) is 6.10 Å². The molecule has 0 saturated heterocycles. The highest BCUT2D eigenvalue weighted by Gasteiger charge is 2.42. The minimum absolute atomic E-state index is 0.207. The average molecular weight is 236 g/mol. The van der Waals surface area contributed by atoms with Crippen LogP contribution in [-0.2, 0) is 0 Å². The molecule has 1 aliphatic carbocycles. The molecule has 0 amide bonds. The minimum atomic E-state index is -0.207. The van der Waals surface area contributed by atoms with Gasteiger partial charge in [-0.15, -0.1) is 0 Å². The molecular weight excluding hydrogens is 218 g/mol. The molecule has 3 heteroatoms. The van der Waals surface area contributed by atoms with E-state index in [1.807, 2.05) is 6.92 Å².